The molecule has 9 aromatic carbocycles. The second kappa shape index (κ2) is 21.3. The first kappa shape index (κ1) is 41.8. The number of pyridine rings is 1. The molecule has 5 nitrogen and oxygen atoms in total. The Hall–Kier alpha value is -8.11. The van der Waals surface area contributed by atoms with Crippen LogP contribution < -0.4 is 9.30 Å². The molecule has 0 saturated carbocycles. The number of hydrogen-bond donors (Lipinski definition) is 0. The summed E-state index contributed by atoms with van der Waals surface area (Å²) in [6.07, 6.45) is 5.55. The van der Waals surface area contributed by atoms with Gasteiger partial charge in [-0.3, -0.25) is 4.57 Å². The monoisotopic (exact) mass is 1260 g/mol. The number of ether oxygens (including phenoxy) is 1. The third kappa shape index (κ3) is 10.8. The summed E-state index contributed by atoms with van der Waals surface area (Å²) in [5.74, 6) is 1.53. The van der Waals surface area contributed by atoms with Crippen molar-refractivity contribution in [3.8, 4) is 73.2 Å². The first-order valence-corrected chi connectivity index (χ1v) is 27.3. The van der Waals surface area contributed by atoms with Gasteiger partial charge in [0.15, 0.2) is 0 Å². The molecule has 0 aliphatic heterocycles. The Balaban J connectivity index is 0.00000919. The number of benzene rings is 9. The average molecular weight is 1260 g/mol. The molecule has 3 aromatic heterocycles. The topological polar surface area (TPSA) is 35.9 Å². The van der Waals surface area contributed by atoms with E-state index in [1.807, 2.05) is 124 Å². The largest absolute Gasteiger partial charge is 0.510 e. The Morgan fingerprint density at radius 1 is 0.488 bits per heavy atom. The van der Waals surface area contributed by atoms with Crippen LogP contribution in [-0.4, -0.2) is 14.1 Å². The van der Waals surface area contributed by atoms with Crippen LogP contribution in [0.2, 0.25) is 0 Å². The second-order valence-electron chi connectivity index (χ2n) is 24.8. The fraction of sp³-hybridized carbons (Fsp3) is 0.211. The molecule has 82 heavy (non-hydrogen) atoms. The van der Waals surface area contributed by atoms with E-state index in [1.165, 1.54) is 0 Å². The number of rotatable bonds is 9. The van der Waals surface area contributed by atoms with Gasteiger partial charge in [-0.25, -0.2) is 4.98 Å². The van der Waals surface area contributed by atoms with Crippen LogP contribution in [0.3, 0.4) is 0 Å². The van der Waals surface area contributed by atoms with E-state index in [-0.39, 0.29) is 43.0 Å². The third-order valence-corrected chi connectivity index (χ3v) is 14.9. The summed E-state index contributed by atoms with van der Waals surface area (Å²) < 4.78 is 133. The van der Waals surface area contributed by atoms with Gasteiger partial charge in [-0.2, -0.15) is 18.2 Å². The Bertz CT molecular complexity index is 4990. The molecule has 0 aliphatic carbocycles. The molecular weight excluding hydrogens is 1180 g/mol. The molecule has 0 atom stereocenters. The molecule has 0 saturated heterocycles. The second-order valence-corrected chi connectivity index (χ2v) is 24.8. The van der Waals surface area contributed by atoms with Gasteiger partial charge in [-0.05, 0) is 142 Å². The van der Waals surface area contributed by atoms with E-state index in [4.69, 9.17) is 17.9 Å². The molecule has 0 aliphatic rings. The summed E-state index contributed by atoms with van der Waals surface area (Å²) in [6.45, 7) is 25.2. The van der Waals surface area contributed by atoms with Gasteiger partial charge in [-0.15, -0.1) is 29.7 Å². The summed E-state index contributed by atoms with van der Waals surface area (Å²) in [5.41, 5.74) is 5.88. The van der Waals surface area contributed by atoms with E-state index >= 15 is 0 Å². The van der Waals surface area contributed by atoms with Crippen molar-refractivity contribution in [1.82, 2.24) is 14.1 Å². The molecule has 0 unspecified atom stereocenters. The van der Waals surface area contributed by atoms with E-state index in [0.29, 0.717) is 39.5 Å². The van der Waals surface area contributed by atoms with Crippen molar-refractivity contribution in [1.29, 1.82) is 0 Å². The van der Waals surface area contributed by atoms with Crippen molar-refractivity contribution < 1.29 is 48.2 Å². The van der Waals surface area contributed by atoms with Gasteiger partial charge in [0.25, 0.3) is 6.33 Å². The molecule has 3 heterocycles. The summed E-state index contributed by atoms with van der Waals surface area (Å²) in [6, 6.07) is 38.2. The van der Waals surface area contributed by atoms with E-state index in [2.05, 4.69) is 119 Å². The molecule has 0 spiro atoms. The van der Waals surface area contributed by atoms with Crippen LogP contribution in [-0.2, 0) is 42.7 Å². The van der Waals surface area contributed by atoms with Crippen molar-refractivity contribution in [3.05, 3.63) is 247 Å². The normalized spacial score (nSPS) is 14.5. The number of nitrogens with zero attached hydrogens (tertiary/aromatic N) is 4. The van der Waals surface area contributed by atoms with Crippen molar-refractivity contribution in [2.45, 2.75) is 105 Å². The van der Waals surface area contributed by atoms with Crippen LogP contribution >= 0.6 is 0 Å². The van der Waals surface area contributed by atoms with E-state index in [1.54, 1.807) is 0 Å². The molecule has 0 N–H and O–H groups in total. The number of fused-ring (bicyclic) bond motifs is 4. The van der Waals surface area contributed by atoms with E-state index in [9.17, 15) is 9.60 Å². The Morgan fingerprint density at radius 2 is 1.11 bits per heavy atom. The smallest absolute Gasteiger partial charge is 0.268 e. The molecule has 0 amide bonds. The number of hydrogen-bond acceptors (Lipinski definition) is 2. The first-order chi connectivity index (χ1) is 44.1. The molecule has 0 radical (unpaired) electrons. The molecule has 12 rings (SSSR count). The third-order valence-electron chi connectivity index (χ3n) is 14.9. The van der Waals surface area contributed by atoms with Gasteiger partial charge < -0.3 is 13.9 Å². The number of aromatic nitrogens is 4. The van der Waals surface area contributed by atoms with Crippen LogP contribution in [0.15, 0.2) is 206 Å². The molecule has 0 bridgehead atoms. The summed E-state index contributed by atoms with van der Waals surface area (Å²) >= 11 is 0. The Kier molecular flexibility index (Phi) is 10.9. The maximum absolute atomic E-state index is 10.4. The van der Waals surface area contributed by atoms with Crippen molar-refractivity contribution in [2.75, 3.05) is 0 Å². The van der Waals surface area contributed by atoms with Crippen molar-refractivity contribution >= 4 is 32.8 Å². The standard InChI is InChI=1S/C76H70N4O.Pt/c1-73(2,3)57-33-30-52(31-34-57)53-32-37-68-70(43-53)78(60-26-21-27-61(47-60)81-62-35-36-64-63-28-19-20-29-67(63)80(69(64)48-62)71-46-58(38-39-77-71)74(4,5)6)49-79(68)72-65(44-59(75(7,8)9)45-66(72)76(10,11)12)56-41-54(50-22-15-13-16-23-50)40-55(42-56)51-24-17-14-18-25-51;/h13-46H,1-12H3;/q-2;/i13D,14D,15D,16D,17D,18D,22D,23D,24D,25D,40D,41D,42D;. The Morgan fingerprint density at radius 3 is 1.76 bits per heavy atom. The predicted octanol–water partition coefficient (Wildman–Crippen LogP) is 19.4. The first-order valence-electron chi connectivity index (χ1n) is 33.8. The van der Waals surface area contributed by atoms with Gasteiger partial charge in [-0.1, -0.05) is 216 Å². The maximum Gasteiger partial charge on any atom is 0.268 e. The zero-order valence-electron chi connectivity index (χ0n) is 61.1. The van der Waals surface area contributed by atoms with Gasteiger partial charge in [0, 0.05) is 44.3 Å². The summed E-state index contributed by atoms with van der Waals surface area (Å²) in [7, 11) is 0. The van der Waals surface area contributed by atoms with Gasteiger partial charge in [0.2, 0.25) is 0 Å². The molecular formula is C76H70N4OPt-2. The molecule has 0 fully saturated rings. The van der Waals surface area contributed by atoms with Crippen LogP contribution in [0, 0.1) is 18.5 Å². The molecule has 412 valence electrons. The fourth-order valence-corrected chi connectivity index (χ4v) is 10.4. The van der Waals surface area contributed by atoms with Crippen LogP contribution in [0.5, 0.6) is 11.5 Å². The Labute approximate surface area is 517 Å². The van der Waals surface area contributed by atoms with Crippen LogP contribution in [0.25, 0.3) is 94.5 Å². The quantitative estimate of drug-likeness (QED) is 0.107. The molecule has 12 aromatic rings. The van der Waals surface area contributed by atoms with Crippen molar-refractivity contribution in [2.24, 2.45) is 0 Å². The minimum Gasteiger partial charge on any atom is -0.510 e. The average Bonchev–Trinajstić information content (AvgIpc) is 1.55. The zero-order valence-corrected chi connectivity index (χ0v) is 50.4. The summed E-state index contributed by atoms with van der Waals surface area (Å²) in [5, 5.41) is 2.00. The van der Waals surface area contributed by atoms with Gasteiger partial charge in [0.1, 0.15) is 5.82 Å². The minimum absolute atomic E-state index is 0. The minimum atomic E-state index is -0.742. The molecule has 6 heteroatoms. The van der Waals surface area contributed by atoms with Gasteiger partial charge >= 0.3 is 0 Å². The number of imidazole rings is 1. The fourth-order valence-electron chi connectivity index (χ4n) is 10.4. The van der Waals surface area contributed by atoms with E-state index < -0.39 is 112 Å². The summed E-state index contributed by atoms with van der Waals surface area (Å²) in [4.78, 5) is 4.87. The van der Waals surface area contributed by atoms with Gasteiger partial charge in [0.05, 0.1) is 34.5 Å². The predicted molar refractivity (Wildman–Crippen MR) is 337 cm³/mol. The SMILES string of the molecule is [2H]c1c([2H])c([2H])c(-c2c([2H])c(-c3cc(C(C)(C)C)cc(C(C)(C)C)c3-[n+]3[c-]n(-c4[c-]c(Oc5[c-]c6c(cc5)c5ccccc5n6-c5cc(C(C)(C)C)ccn5)ccc4)c4cc(-c5ccc(C(C)(C)C)cc5)ccc43)c([2H])c(-c3c([2H])c([2H])c([2H])c([2H])c3[2H])c2[2H])c([2H])c1[2H].[Pt]. The van der Waals surface area contributed by atoms with Crippen molar-refractivity contribution in [3.63, 3.8) is 0 Å². The van der Waals surface area contributed by atoms with E-state index in [0.717, 1.165) is 55.4 Å². The van der Waals surface area contributed by atoms with Crippen LogP contribution in [0.1, 0.15) is 123 Å². The van der Waals surface area contributed by atoms with Crippen LogP contribution in [0.4, 0.5) is 0 Å². The zero-order chi connectivity index (χ0) is 67.9. The maximum atomic E-state index is 10.4. The number of para-hydroxylation sites is 1.